The fraction of sp³-hybridized carbons (Fsp3) is 0.235. The highest BCUT2D eigenvalue weighted by atomic mass is 16.5. The number of carbonyl (C=O) groups excluding carboxylic acids is 1. The molecule has 7 nitrogen and oxygen atoms in total. The Balaban J connectivity index is 2.17. The van der Waals surface area contributed by atoms with Gasteiger partial charge in [0.15, 0.2) is 23.0 Å². The fourth-order valence-corrected chi connectivity index (χ4v) is 2.22. The van der Waals surface area contributed by atoms with E-state index in [1.165, 1.54) is 33.5 Å². The highest BCUT2D eigenvalue weighted by molar-refractivity contribution is 5.93. The number of aromatic hydroxyl groups is 2. The minimum absolute atomic E-state index is 0.0322. The fourth-order valence-electron chi connectivity index (χ4n) is 2.22. The first kappa shape index (κ1) is 17.3. The van der Waals surface area contributed by atoms with Crippen molar-refractivity contribution in [1.29, 1.82) is 0 Å². The summed E-state index contributed by atoms with van der Waals surface area (Å²) >= 11 is 0. The number of anilines is 1. The summed E-state index contributed by atoms with van der Waals surface area (Å²) in [6.07, 6.45) is 0.0322. The molecule has 3 N–H and O–H groups in total. The van der Waals surface area contributed by atoms with E-state index in [0.717, 1.165) is 0 Å². The van der Waals surface area contributed by atoms with Crippen molar-refractivity contribution in [3.63, 3.8) is 0 Å². The highest BCUT2D eigenvalue weighted by Gasteiger charge is 2.15. The highest BCUT2D eigenvalue weighted by Crippen LogP contribution is 2.39. The van der Waals surface area contributed by atoms with E-state index in [-0.39, 0.29) is 23.8 Å². The quantitative estimate of drug-likeness (QED) is 0.702. The summed E-state index contributed by atoms with van der Waals surface area (Å²) in [5.74, 6) is 0.483. The SMILES string of the molecule is COc1cc(NC(=O)Cc2ccc(O)c(O)c2)cc(OC)c1OC. The van der Waals surface area contributed by atoms with Crippen LogP contribution in [0, 0.1) is 0 Å². The molecule has 0 aromatic heterocycles. The number of hydrogen-bond donors (Lipinski definition) is 3. The first-order valence-electron chi connectivity index (χ1n) is 7.09. The molecule has 0 radical (unpaired) electrons. The van der Waals surface area contributed by atoms with Gasteiger partial charge in [0.25, 0.3) is 0 Å². The topological polar surface area (TPSA) is 97.3 Å². The van der Waals surface area contributed by atoms with Crippen LogP contribution in [-0.2, 0) is 11.2 Å². The Kier molecular flexibility index (Phi) is 5.36. The van der Waals surface area contributed by atoms with Crippen LogP contribution in [0.4, 0.5) is 5.69 Å². The summed E-state index contributed by atoms with van der Waals surface area (Å²) in [5.41, 5.74) is 1.05. The molecule has 2 aromatic rings. The van der Waals surface area contributed by atoms with Gasteiger partial charge in [-0.1, -0.05) is 6.07 Å². The minimum atomic E-state index is -0.297. The lowest BCUT2D eigenvalue weighted by Gasteiger charge is -2.14. The molecule has 0 spiro atoms. The first-order chi connectivity index (χ1) is 11.5. The number of phenols is 2. The van der Waals surface area contributed by atoms with E-state index in [2.05, 4.69) is 5.32 Å². The summed E-state index contributed by atoms with van der Waals surface area (Å²) in [6, 6.07) is 7.46. The second kappa shape index (κ2) is 7.45. The van der Waals surface area contributed by atoms with Gasteiger partial charge in [-0.3, -0.25) is 4.79 Å². The molecule has 2 rings (SSSR count). The van der Waals surface area contributed by atoms with Crippen LogP contribution >= 0.6 is 0 Å². The molecular formula is C17H19NO6. The van der Waals surface area contributed by atoms with Crippen LogP contribution in [0.1, 0.15) is 5.56 Å². The van der Waals surface area contributed by atoms with Crippen molar-refractivity contribution in [2.24, 2.45) is 0 Å². The van der Waals surface area contributed by atoms with Gasteiger partial charge >= 0.3 is 0 Å². The molecule has 0 fully saturated rings. The number of nitrogens with one attached hydrogen (secondary N) is 1. The number of methoxy groups -OCH3 is 3. The van der Waals surface area contributed by atoms with Crippen LogP contribution in [-0.4, -0.2) is 37.4 Å². The van der Waals surface area contributed by atoms with Crippen molar-refractivity contribution < 1.29 is 29.2 Å². The van der Waals surface area contributed by atoms with E-state index in [0.29, 0.717) is 28.5 Å². The van der Waals surface area contributed by atoms with Crippen LogP contribution in [0.25, 0.3) is 0 Å². The lowest BCUT2D eigenvalue weighted by atomic mass is 10.1. The van der Waals surface area contributed by atoms with Gasteiger partial charge in [0.2, 0.25) is 11.7 Å². The van der Waals surface area contributed by atoms with E-state index in [1.807, 2.05) is 0 Å². The lowest BCUT2D eigenvalue weighted by Crippen LogP contribution is -2.14. The number of carbonyl (C=O) groups is 1. The zero-order chi connectivity index (χ0) is 17.7. The van der Waals surface area contributed by atoms with Crippen molar-refractivity contribution >= 4 is 11.6 Å². The van der Waals surface area contributed by atoms with Crippen molar-refractivity contribution in [1.82, 2.24) is 0 Å². The molecule has 0 unspecified atom stereocenters. The number of hydrogen-bond acceptors (Lipinski definition) is 6. The summed E-state index contributed by atoms with van der Waals surface area (Å²) in [5, 5.41) is 21.5. The first-order valence-corrected chi connectivity index (χ1v) is 7.09. The molecule has 24 heavy (non-hydrogen) atoms. The Hall–Kier alpha value is -3.09. The summed E-state index contributed by atoms with van der Waals surface area (Å²) in [6.45, 7) is 0. The third-order valence-electron chi connectivity index (χ3n) is 3.35. The van der Waals surface area contributed by atoms with Gasteiger partial charge in [-0.25, -0.2) is 0 Å². The van der Waals surface area contributed by atoms with Crippen molar-refractivity contribution in [3.05, 3.63) is 35.9 Å². The third kappa shape index (κ3) is 3.81. The second-order valence-corrected chi connectivity index (χ2v) is 4.96. The van der Waals surface area contributed by atoms with Crippen molar-refractivity contribution in [2.75, 3.05) is 26.6 Å². The van der Waals surface area contributed by atoms with E-state index < -0.39 is 0 Å². The standard InChI is InChI=1S/C17H19NO6/c1-22-14-8-11(9-15(23-2)17(14)24-3)18-16(21)7-10-4-5-12(19)13(20)6-10/h4-6,8-9,19-20H,7H2,1-3H3,(H,18,21). The monoisotopic (exact) mass is 333 g/mol. The normalized spacial score (nSPS) is 10.1. The number of rotatable bonds is 6. The van der Waals surface area contributed by atoms with Crippen LogP contribution in [0.5, 0.6) is 28.7 Å². The number of amides is 1. The molecule has 0 heterocycles. The summed E-state index contributed by atoms with van der Waals surface area (Å²) < 4.78 is 15.7. The van der Waals surface area contributed by atoms with E-state index in [1.54, 1.807) is 18.2 Å². The van der Waals surface area contributed by atoms with Gasteiger partial charge in [0.1, 0.15) is 0 Å². The molecule has 1 amide bonds. The maximum Gasteiger partial charge on any atom is 0.228 e. The lowest BCUT2D eigenvalue weighted by molar-refractivity contribution is -0.115. The Morgan fingerprint density at radius 3 is 2.08 bits per heavy atom. The van der Waals surface area contributed by atoms with Gasteiger partial charge in [-0.05, 0) is 17.7 Å². The van der Waals surface area contributed by atoms with Crippen LogP contribution in [0.3, 0.4) is 0 Å². The molecule has 0 aliphatic carbocycles. The molecule has 2 aromatic carbocycles. The van der Waals surface area contributed by atoms with E-state index in [4.69, 9.17) is 14.2 Å². The zero-order valence-corrected chi connectivity index (χ0v) is 13.6. The average Bonchev–Trinajstić information content (AvgIpc) is 2.57. The van der Waals surface area contributed by atoms with E-state index in [9.17, 15) is 15.0 Å². The van der Waals surface area contributed by atoms with Gasteiger partial charge in [0.05, 0.1) is 27.8 Å². The molecule has 0 bridgehead atoms. The summed E-state index contributed by atoms with van der Waals surface area (Å²) in [4.78, 5) is 12.2. The molecular weight excluding hydrogens is 314 g/mol. The average molecular weight is 333 g/mol. The van der Waals surface area contributed by atoms with E-state index >= 15 is 0 Å². The molecule has 0 atom stereocenters. The molecule has 128 valence electrons. The zero-order valence-electron chi connectivity index (χ0n) is 13.6. The molecule has 7 heteroatoms. The number of benzene rings is 2. The molecule has 0 aliphatic rings. The van der Waals surface area contributed by atoms with Gasteiger partial charge in [-0.2, -0.15) is 0 Å². The third-order valence-corrected chi connectivity index (χ3v) is 3.35. The molecule has 0 aliphatic heterocycles. The Morgan fingerprint density at radius 2 is 1.58 bits per heavy atom. The molecule has 0 saturated carbocycles. The van der Waals surface area contributed by atoms with Crippen LogP contribution < -0.4 is 19.5 Å². The molecule has 0 saturated heterocycles. The number of ether oxygens (including phenoxy) is 3. The van der Waals surface area contributed by atoms with Crippen molar-refractivity contribution in [3.8, 4) is 28.7 Å². The van der Waals surface area contributed by atoms with Crippen LogP contribution in [0.2, 0.25) is 0 Å². The Bertz CT molecular complexity index is 719. The predicted molar refractivity (Wildman–Crippen MR) is 88.2 cm³/mol. The smallest absolute Gasteiger partial charge is 0.228 e. The maximum absolute atomic E-state index is 12.2. The van der Waals surface area contributed by atoms with Gasteiger partial charge in [-0.15, -0.1) is 0 Å². The largest absolute Gasteiger partial charge is 0.504 e. The predicted octanol–water partition coefficient (Wildman–Crippen LogP) is 2.30. The second-order valence-electron chi connectivity index (χ2n) is 4.96. The minimum Gasteiger partial charge on any atom is -0.504 e. The van der Waals surface area contributed by atoms with Crippen LogP contribution in [0.15, 0.2) is 30.3 Å². The Morgan fingerprint density at radius 1 is 0.958 bits per heavy atom. The number of phenolic OH excluding ortho intramolecular Hbond substituents is 2. The maximum atomic E-state index is 12.2. The van der Waals surface area contributed by atoms with Crippen molar-refractivity contribution in [2.45, 2.75) is 6.42 Å². The Labute approximate surface area is 139 Å². The van der Waals surface area contributed by atoms with Gasteiger partial charge in [0, 0.05) is 17.8 Å². The summed E-state index contributed by atoms with van der Waals surface area (Å²) in [7, 11) is 4.47. The van der Waals surface area contributed by atoms with Gasteiger partial charge < -0.3 is 29.7 Å².